The molecule has 1 N–H and O–H groups in total. The Hall–Kier alpha value is -2.54. The van der Waals surface area contributed by atoms with E-state index in [1.54, 1.807) is 23.5 Å². The number of ether oxygens (including phenoxy) is 1. The van der Waals surface area contributed by atoms with Crippen molar-refractivity contribution in [2.75, 3.05) is 26.3 Å². The third-order valence-corrected chi connectivity index (χ3v) is 6.00. The van der Waals surface area contributed by atoms with Crippen LogP contribution in [0.15, 0.2) is 72.1 Å². The lowest BCUT2D eigenvalue weighted by Gasteiger charge is -2.33. The van der Waals surface area contributed by atoms with Gasteiger partial charge in [0.25, 0.3) is 0 Å². The number of nitrogens with zero attached hydrogens (tertiary/aromatic N) is 1. The zero-order valence-electron chi connectivity index (χ0n) is 16.0. The molecule has 2 aromatic carbocycles. The van der Waals surface area contributed by atoms with Crippen molar-refractivity contribution in [2.45, 2.75) is 12.1 Å². The van der Waals surface area contributed by atoms with Crippen molar-refractivity contribution in [3.05, 3.63) is 93.9 Å². The minimum absolute atomic E-state index is 0.0307. The first-order chi connectivity index (χ1) is 14.2. The lowest BCUT2D eigenvalue weighted by Crippen LogP contribution is -2.47. The highest BCUT2D eigenvalue weighted by Gasteiger charge is 2.30. The van der Waals surface area contributed by atoms with Crippen LogP contribution in [0.4, 0.5) is 4.39 Å². The topological polar surface area (TPSA) is 41.6 Å². The summed E-state index contributed by atoms with van der Waals surface area (Å²) in [5.74, 6) is -0.245. The highest BCUT2D eigenvalue weighted by atomic mass is 32.1. The quantitative estimate of drug-likeness (QED) is 0.663. The van der Waals surface area contributed by atoms with Gasteiger partial charge < -0.3 is 9.64 Å². The number of carbonyl (C=O) groups is 1. The van der Waals surface area contributed by atoms with Crippen LogP contribution >= 0.6 is 11.3 Å². The van der Waals surface area contributed by atoms with Crippen LogP contribution in [0.5, 0.6) is 0 Å². The van der Waals surface area contributed by atoms with Gasteiger partial charge in [0.15, 0.2) is 0 Å². The highest BCUT2D eigenvalue weighted by Crippen LogP contribution is 2.30. The van der Waals surface area contributed by atoms with E-state index in [1.807, 2.05) is 52.7 Å². The van der Waals surface area contributed by atoms with Crippen LogP contribution in [0.2, 0.25) is 0 Å². The molecular weight excluding hydrogens is 387 g/mol. The van der Waals surface area contributed by atoms with E-state index in [0.717, 1.165) is 16.0 Å². The van der Waals surface area contributed by atoms with Gasteiger partial charge in [-0.1, -0.05) is 48.5 Å². The third-order valence-electron chi connectivity index (χ3n) is 5.07. The summed E-state index contributed by atoms with van der Waals surface area (Å²) in [6.45, 7) is 2.28. The molecular formula is C23H23FN2O2S. The Morgan fingerprint density at radius 3 is 2.34 bits per heavy atom. The predicted octanol–water partition coefficient (Wildman–Crippen LogP) is 4.17. The number of halogens is 1. The van der Waals surface area contributed by atoms with Gasteiger partial charge in [0, 0.05) is 18.0 Å². The summed E-state index contributed by atoms with van der Waals surface area (Å²) in [7, 11) is 0. The Labute approximate surface area is 173 Å². The number of rotatable bonds is 6. The first-order valence-corrected chi connectivity index (χ1v) is 10.6. The van der Waals surface area contributed by atoms with Gasteiger partial charge in [-0.2, -0.15) is 0 Å². The molecule has 1 aliphatic rings. The molecule has 1 aliphatic heterocycles. The second kappa shape index (κ2) is 9.31. The zero-order valence-corrected chi connectivity index (χ0v) is 16.8. The molecule has 1 aromatic heterocycles. The van der Waals surface area contributed by atoms with Gasteiger partial charge in [-0.15, -0.1) is 11.3 Å². The Morgan fingerprint density at radius 2 is 1.69 bits per heavy atom. The fourth-order valence-electron chi connectivity index (χ4n) is 3.54. The van der Waals surface area contributed by atoms with Gasteiger partial charge in [0.05, 0.1) is 19.3 Å². The molecule has 1 saturated heterocycles. The third kappa shape index (κ3) is 4.72. The molecule has 0 aliphatic carbocycles. The molecule has 0 saturated carbocycles. The van der Waals surface area contributed by atoms with Gasteiger partial charge in [0.1, 0.15) is 11.9 Å². The molecule has 1 amide bonds. The van der Waals surface area contributed by atoms with E-state index in [9.17, 15) is 9.18 Å². The number of nitrogens with one attached hydrogen (secondary N) is 1. The van der Waals surface area contributed by atoms with E-state index < -0.39 is 6.04 Å². The largest absolute Gasteiger partial charge is 0.378 e. The molecule has 3 aromatic rings. The Morgan fingerprint density at radius 1 is 0.966 bits per heavy atom. The lowest BCUT2D eigenvalue weighted by molar-refractivity contribution is -0.137. The lowest BCUT2D eigenvalue weighted by atomic mass is 10.00. The Balaban J connectivity index is 1.68. The van der Waals surface area contributed by atoms with E-state index in [2.05, 4.69) is 5.32 Å². The minimum atomic E-state index is -0.508. The molecule has 4 nitrogen and oxygen atoms in total. The molecule has 0 radical (unpaired) electrons. The maximum Gasteiger partial charge on any atom is 0.244 e. The average molecular weight is 411 g/mol. The monoisotopic (exact) mass is 410 g/mol. The fourth-order valence-corrected chi connectivity index (χ4v) is 4.35. The SMILES string of the molecule is O=C([C@@H](N[C@H](c1ccc(F)cc1)c1cccs1)c1ccccc1)N1CCOCC1. The van der Waals surface area contributed by atoms with Gasteiger partial charge >= 0.3 is 0 Å². The van der Waals surface area contributed by atoms with Crippen LogP contribution in [0.25, 0.3) is 0 Å². The van der Waals surface area contributed by atoms with Crippen LogP contribution < -0.4 is 5.32 Å². The van der Waals surface area contributed by atoms with Crippen LogP contribution in [0, 0.1) is 5.82 Å². The molecule has 2 atom stereocenters. The number of morpholine rings is 1. The smallest absolute Gasteiger partial charge is 0.244 e. The van der Waals surface area contributed by atoms with Gasteiger partial charge in [-0.05, 0) is 34.7 Å². The molecule has 4 rings (SSSR count). The maximum absolute atomic E-state index is 13.5. The number of carbonyl (C=O) groups excluding carboxylic acids is 1. The van der Waals surface area contributed by atoms with E-state index in [-0.39, 0.29) is 17.8 Å². The van der Waals surface area contributed by atoms with E-state index in [4.69, 9.17) is 4.74 Å². The van der Waals surface area contributed by atoms with E-state index >= 15 is 0 Å². The van der Waals surface area contributed by atoms with Crippen molar-refractivity contribution in [1.82, 2.24) is 10.2 Å². The molecule has 0 spiro atoms. The van der Waals surface area contributed by atoms with Crippen molar-refractivity contribution in [3.63, 3.8) is 0 Å². The Kier molecular flexibility index (Phi) is 6.34. The number of thiophene rings is 1. The van der Waals surface area contributed by atoms with Crippen LogP contribution in [-0.2, 0) is 9.53 Å². The van der Waals surface area contributed by atoms with Crippen molar-refractivity contribution < 1.29 is 13.9 Å². The number of hydrogen-bond acceptors (Lipinski definition) is 4. The van der Waals surface area contributed by atoms with Gasteiger partial charge in [0.2, 0.25) is 5.91 Å². The van der Waals surface area contributed by atoms with Crippen LogP contribution in [0.1, 0.15) is 28.1 Å². The molecule has 1 fully saturated rings. The summed E-state index contributed by atoms with van der Waals surface area (Å²) < 4.78 is 18.9. The summed E-state index contributed by atoms with van der Waals surface area (Å²) in [6.07, 6.45) is 0. The van der Waals surface area contributed by atoms with Crippen LogP contribution in [0.3, 0.4) is 0 Å². The van der Waals surface area contributed by atoms with E-state index in [0.29, 0.717) is 26.3 Å². The summed E-state index contributed by atoms with van der Waals surface area (Å²) in [5, 5.41) is 5.57. The Bertz CT molecular complexity index is 910. The minimum Gasteiger partial charge on any atom is -0.378 e. The molecule has 2 heterocycles. The second-order valence-electron chi connectivity index (χ2n) is 6.95. The standard InChI is InChI=1S/C23H23FN2O2S/c24-19-10-8-18(9-11-19)21(20-7-4-16-29-20)25-22(17-5-2-1-3-6-17)23(27)26-12-14-28-15-13-26/h1-11,16,21-22,25H,12-15H2/t21-,22+/m1/s1. The number of hydrogen-bond donors (Lipinski definition) is 1. The molecule has 0 bridgehead atoms. The van der Waals surface area contributed by atoms with Gasteiger partial charge in [-0.3, -0.25) is 10.1 Å². The first-order valence-electron chi connectivity index (χ1n) is 9.69. The maximum atomic E-state index is 13.5. The molecule has 0 unspecified atom stereocenters. The number of benzene rings is 2. The van der Waals surface area contributed by atoms with Crippen LogP contribution in [-0.4, -0.2) is 37.1 Å². The van der Waals surface area contributed by atoms with Crippen molar-refractivity contribution in [3.8, 4) is 0 Å². The van der Waals surface area contributed by atoms with Crippen molar-refractivity contribution >= 4 is 17.2 Å². The summed E-state index contributed by atoms with van der Waals surface area (Å²) >= 11 is 1.61. The zero-order chi connectivity index (χ0) is 20.1. The normalized spacial score (nSPS) is 16.4. The first kappa shape index (κ1) is 19.8. The molecule has 6 heteroatoms. The summed E-state index contributed by atoms with van der Waals surface area (Å²) in [5.41, 5.74) is 1.83. The van der Waals surface area contributed by atoms with Gasteiger partial charge in [-0.25, -0.2) is 4.39 Å². The van der Waals surface area contributed by atoms with Crippen molar-refractivity contribution in [1.29, 1.82) is 0 Å². The average Bonchev–Trinajstić information content (AvgIpc) is 3.31. The fraction of sp³-hybridized carbons (Fsp3) is 0.261. The molecule has 29 heavy (non-hydrogen) atoms. The second-order valence-corrected chi connectivity index (χ2v) is 7.93. The summed E-state index contributed by atoms with van der Waals surface area (Å²) in [6, 6.07) is 19.5. The van der Waals surface area contributed by atoms with E-state index in [1.165, 1.54) is 12.1 Å². The predicted molar refractivity (Wildman–Crippen MR) is 112 cm³/mol. The highest BCUT2D eigenvalue weighted by molar-refractivity contribution is 7.10. The number of amides is 1. The van der Waals surface area contributed by atoms with Crippen molar-refractivity contribution in [2.24, 2.45) is 0 Å². The molecule has 150 valence electrons. The summed E-state index contributed by atoms with van der Waals surface area (Å²) in [4.78, 5) is 16.4.